The zero-order valence-corrected chi connectivity index (χ0v) is 14.1. The largest absolute Gasteiger partial charge is 0.465 e. The van der Waals surface area contributed by atoms with Gasteiger partial charge in [0.2, 0.25) is 5.95 Å². The van der Waals surface area contributed by atoms with Crippen molar-refractivity contribution < 1.29 is 9.90 Å². The van der Waals surface area contributed by atoms with Crippen LogP contribution in [0.15, 0.2) is 41.2 Å². The van der Waals surface area contributed by atoms with Crippen molar-refractivity contribution in [2.24, 2.45) is 0 Å². The number of nitrogens with zero attached hydrogens (tertiary/aromatic N) is 3. The summed E-state index contributed by atoms with van der Waals surface area (Å²) in [6, 6.07) is 11.0. The molecule has 0 saturated heterocycles. The van der Waals surface area contributed by atoms with Crippen LogP contribution < -0.4 is 10.5 Å². The number of aryl methyl sites for hydroxylation is 1. The van der Waals surface area contributed by atoms with Crippen LogP contribution in [0.5, 0.6) is 0 Å². The number of benzene rings is 2. The van der Waals surface area contributed by atoms with Crippen LogP contribution in [0.4, 0.5) is 10.7 Å². The fourth-order valence-electron chi connectivity index (χ4n) is 3.00. The van der Waals surface area contributed by atoms with Crippen LogP contribution in [0, 0.1) is 6.92 Å². The number of aromatic amines is 2. The summed E-state index contributed by atoms with van der Waals surface area (Å²) >= 11 is 0. The van der Waals surface area contributed by atoms with E-state index in [2.05, 4.69) is 20.2 Å². The zero-order valence-electron chi connectivity index (χ0n) is 14.1. The lowest BCUT2D eigenvalue weighted by atomic mass is 10.0. The molecule has 26 heavy (non-hydrogen) atoms. The summed E-state index contributed by atoms with van der Waals surface area (Å²) in [5.41, 5.74) is 3.46. The molecule has 130 valence electrons. The number of rotatable bonds is 2. The number of hydrogen-bond donors (Lipinski definition) is 3. The Morgan fingerprint density at radius 1 is 1.19 bits per heavy atom. The van der Waals surface area contributed by atoms with Gasteiger partial charge < -0.3 is 10.1 Å². The minimum atomic E-state index is -1.10. The third-order valence-electron chi connectivity index (χ3n) is 4.34. The molecule has 8 heteroatoms. The molecule has 0 aliphatic rings. The summed E-state index contributed by atoms with van der Waals surface area (Å²) in [5, 5.41) is 17.2. The Morgan fingerprint density at radius 2 is 1.92 bits per heavy atom. The molecule has 4 rings (SSSR count). The predicted octanol–water partition coefficient (Wildman–Crippen LogP) is 2.89. The molecule has 0 unspecified atom stereocenters. The van der Waals surface area contributed by atoms with Crippen molar-refractivity contribution in [1.29, 1.82) is 0 Å². The molecule has 4 aromatic rings. The number of fused-ring (bicyclic) bond motifs is 2. The predicted molar refractivity (Wildman–Crippen MR) is 98.6 cm³/mol. The fourth-order valence-corrected chi connectivity index (χ4v) is 3.00. The van der Waals surface area contributed by atoms with Crippen LogP contribution >= 0.6 is 0 Å². The topological polar surface area (TPSA) is 115 Å². The highest BCUT2D eigenvalue weighted by Crippen LogP contribution is 2.29. The molecule has 0 aliphatic heterocycles. The molecule has 0 radical (unpaired) electrons. The van der Waals surface area contributed by atoms with E-state index in [9.17, 15) is 9.59 Å². The van der Waals surface area contributed by atoms with Gasteiger partial charge in [-0.1, -0.05) is 18.2 Å². The first-order valence-electron chi connectivity index (χ1n) is 7.90. The average molecular weight is 349 g/mol. The van der Waals surface area contributed by atoms with Crippen molar-refractivity contribution in [3.63, 3.8) is 0 Å². The summed E-state index contributed by atoms with van der Waals surface area (Å²) in [5.74, 6) is 0.243. The van der Waals surface area contributed by atoms with Gasteiger partial charge in [-0.2, -0.15) is 5.10 Å². The smallest absolute Gasteiger partial charge is 0.413 e. The maximum absolute atomic E-state index is 12.0. The van der Waals surface area contributed by atoms with E-state index in [0.29, 0.717) is 22.1 Å². The number of aromatic nitrogens is 4. The lowest BCUT2D eigenvalue weighted by Gasteiger charge is -2.07. The summed E-state index contributed by atoms with van der Waals surface area (Å²) in [6.07, 6.45) is -1.10. The second kappa shape index (κ2) is 5.69. The molecule has 0 aliphatic carbocycles. The molecule has 0 spiro atoms. The molecule has 8 nitrogen and oxygen atoms in total. The maximum Gasteiger partial charge on any atom is 0.413 e. The molecule has 0 saturated carbocycles. The SMILES string of the molecule is Cc1cc(-c2n[nH]c(=O)c3ccccc23)cc2[nH]c(N(C)C(=O)O)nc12. The van der Waals surface area contributed by atoms with Crippen molar-refractivity contribution in [1.82, 2.24) is 20.2 Å². The second-order valence-corrected chi connectivity index (χ2v) is 6.04. The molecule has 2 heterocycles. The van der Waals surface area contributed by atoms with E-state index in [4.69, 9.17) is 5.11 Å². The zero-order chi connectivity index (χ0) is 18.4. The molecule has 0 fully saturated rings. The van der Waals surface area contributed by atoms with E-state index in [1.165, 1.54) is 7.05 Å². The van der Waals surface area contributed by atoms with Crippen molar-refractivity contribution in [3.05, 3.63) is 52.3 Å². The summed E-state index contributed by atoms with van der Waals surface area (Å²) in [4.78, 5) is 31.5. The Hall–Kier alpha value is -3.68. The monoisotopic (exact) mass is 349 g/mol. The van der Waals surface area contributed by atoms with E-state index in [-0.39, 0.29) is 11.5 Å². The summed E-state index contributed by atoms with van der Waals surface area (Å²) in [7, 11) is 1.42. The van der Waals surface area contributed by atoms with Gasteiger partial charge in [0.05, 0.1) is 22.1 Å². The molecule has 0 atom stereocenters. The highest BCUT2D eigenvalue weighted by molar-refractivity contribution is 5.97. The number of nitrogens with one attached hydrogen (secondary N) is 2. The Bertz CT molecular complexity index is 1220. The number of amides is 1. The lowest BCUT2D eigenvalue weighted by Crippen LogP contribution is -2.24. The van der Waals surface area contributed by atoms with E-state index in [1.54, 1.807) is 12.1 Å². The van der Waals surface area contributed by atoms with Crippen LogP contribution in [0.1, 0.15) is 5.56 Å². The molecular weight excluding hydrogens is 334 g/mol. The first-order chi connectivity index (χ1) is 12.5. The molecule has 3 N–H and O–H groups in total. The van der Waals surface area contributed by atoms with Crippen LogP contribution in [-0.2, 0) is 0 Å². The van der Waals surface area contributed by atoms with Crippen LogP contribution in [0.2, 0.25) is 0 Å². The van der Waals surface area contributed by atoms with Crippen molar-refractivity contribution >= 4 is 33.8 Å². The van der Waals surface area contributed by atoms with Gasteiger partial charge in [0.25, 0.3) is 5.56 Å². The Morgan fingerprint density at radius 3 is 2.65 bits per heavy atom. The van der Waals surface area contributed by atoms with Crippen molar-refractivity contribution in [2.75, 3.05) is 11.9 Å². The van der Waals surface area contributed by atoms with Gasteiger partial charge >= 0.3 is 6.09 Å². The average Bonchev–Trinajstić information content (AvgIpc) is 3.06. The van der Waals surface area contributed by atoms with Crippen molar-refractivity contribution in [2.45, 2.75) is 6.92 Å². The Balaban J connectivity index is 1.95. The second-order valence-electron chi connectivity index (χ2n) is 6.04. The minimum absolute atomic E-state index is 0.242. The maximum atomic E-state index is 12.0. The Kier molecular flexibility index (Phi) is 3.47. The summed E-state index contributed by atoms with van der Waals surface area (Å²) in [6.45, 7) is 1.89. The van der Waals surface area contributed by atoms with Gasteiger partial charge in [-0.05, 0) is 30.7 Å². The third kappa shape index (κ3) is 2.39. The first-order valence-corrected chi connectivity index (χ1v) is 7.90. The van der Waals surface area contributed by atoms with Crippen molar-refractivity contribution in [3.8, 4) is 11.3 Å². The number of H-pyrrole nitrogens is 2. The van der Waals surface area contributed by atoms with E-state index < -0.39 is 6.09 Å². The number of carbonyl (C=O) groups is 1. The van der Waals surface area contributed by atoms with E-state index in [1.807, 2.05) is 31.2 Å². The highest BCUT2D eigenvalue weighted by Gasteiger charge is 2.16. The first kappa shape index (κ1) is 15.8. The number of carboxylic acid groups (broad SMARTS) is 1. The number of anilines is 1. The number of hydrogen-bond acceptors (Lipinski definition) is 4. The van der Waals surface area contributed by atoms with Gasteiger partial charge in [0.1, 0.15) is 0 Å². The third-order valence-corrected chi connectivity index (χ3v) is 4.34. The normalized spacial score (nSPS) is 11.2. The molecular formula is C18H15N5O3. The van der Waals surface area contributed by atoms with E-state index >= 15 is 0 Å². The standard InChI is InChI=1S/C18H15N5O3/c1-9-7-10(8-13-14(9)20-17(19-13)23(2)18(25)26)15-11-5-3-4-6-12(11)16(24)22-21-15/h3-8H,1-2H3,(H,19,20)(H,22,24)(H,25,26). The fraction of sp³-hybridized carbons (Fsp3) is 0.111. The van der Waals surface area contributed by atoms with Crippen LogP contribution in [0.3, 0.4) is 0 Å². The van der Waals surface area contributed by atoms with Gasteiger partial charge in [-0.25, -0.2) is 14.9 Å². The van der Waals surface area contributed by atoms with E-state index in [0.717, 1.165) is 21.4 Å². The molecule has 2 aromatic carbocycles. The van der Waals surface area contributed by atoms with Crippen LogP contribution in [0.25, 0.3) is 33.1 Å². The van der Waals surface area contributed by atoms with Gasteiger partial charge in [-0.3, -0.25) is 9.69 Å². The quantitative estimate of drug-likeness (QED) is 0.515. The highest BCUT2D eigenvalue weighted by atomic mass is 16.4. The Labute approximate surface area is 147 Å². The lowest BCUT2D eigenvalue weighted by molar-refractivity contribution is 0.203. The minimum Gasteiger partial charge on any atom is -0.465 e. The molecule has 0 bridgehead atoms. The van der Waals surface area contributed by atoms with Gasteiger partial charge in [-0.15, -0.1) is 0 Å². The molecule has 2 aromatic heterocycles. The van der Waals surface area contributed by atoms with Gasteiger partial charge in [0, 0.05) is 18.0 Å². The summed E-state index contributed by atoms with van der Waals surface area (Å²) < 4.78 is 0. The van der Waals surface area contributed by atoms with Crippen LogP contribution in [-0.4, -0.2) is 38.4 Å². The number of imidazole rings is 1. The molecule has 1 amide bonds. The van der Waals surface area contributed by atoms with Gasteiger partial charge in [0.15, 0.2) is 0 Å².